The number of benzene rings is 2. The first-order valence-electron chi connectivity index (χ1n) is 10.7. The summed E-state index contributed by atoms with van der Waals surface area (Å²) in [5, 5.41) is 0. The number of hydrogen-bond acceptors (Lipinski definition) is 6. The first-order chi connectivity index (χ1) is 16.4. The van der Waals surface area contributed by atoms with Crippen LogP contribution in [0.5, 0.6) is 11.5 Å². The largest absolute Gasteiger partial charge is 0.485 e. The number of carbonyl (C=O) groups excluding carboxylic acids is 3. The van der Waals surface area contributed by atoms with Gasteiger partial charge in [-0.25, -0.2) is 4.39 Å². The van der Waals surface area contributed by atoms with Crippen LogP contribution in [0.1, 0.15) is 33.6 Å². The van der Waals surface area contributed by atoms with Gasteiger partial charge in [-0.1, -0.05) is 0 Å². The van der Waals surface area contributed by atoms with Crippen LogP contribution in [0, 0.1) is 5.82 Å². The van der Waals surface area contributed by atoms with E-state index in [0.29, 0.717) is 35.1 Å². The monoisotopic (exact) mass is 466 g/mol. The van der Waals surface area contributed by atoms with Gasteiger partial charge in [0.2, 0.25) is 0 Å². The van der Waals surface area contributed by atoms with Gasteiger partial charge in [-0.05, 0) is 61.5 Å². The lowest BCUT2D eigenvalue weighted by atomic mass is 10.1. The Hall–Kier alpha value is -4.14. The van der Waals surface area contributed by atoms with Crippen molar-refractivity contribution in [1.29, 1.82) is 0 Å². The molecule has 0 atom stereocenters. The molecule has 0 unspecified atom stereocenters. The predicted molar refractivity (Wildman–Crippen MR) is 121 cm³/mol. The van der Waals surface area contributed by atoms with Crippen molar-refractivity contribution in [3.63, 3.8) is 0 Å². The average Bonchev–Trinajstić information content (AvgIpc) is 3.32. The lowest BCUT2D eigenvalue weighted by molar-refractivity contribution is -0.121. The van der Waals surface area contributed by atoms with Crippen molar-refractivity contribution in [3.8, 4) is 11.5 Å². The maximum Gasteiger partial charge on any atom is 0.289 e. The van der Waals surface area contributed by atoms with E-state index < -0.39 is 5.82 Å². The third-order valence-electron chi connectivity index (χ3n) is 5.41. The fraction of sp³-hybridized carbons (Fsp3) is 0.240. The minimum Gasteiger partial charge on any atom is -0.485 e. The average molecular weight is 466 g/mol. The second-order valence-corrected chi connectivity index (χ2v) is 7.70. The molecule has 2 amide bonds. The quantitative estimate of drug-likeness (QED) is 0.471. The van der Waals surface area contributed by atoms with Gasteiger partial charge in [0.15, 0.2) is 24.8 Å². The Bertz CT molecular complexity index is 1220. The van der Waals surface area contributed by atoms with E-state index in [1.165, 1.54) is 34.1 Å². The molecule has 8 nitrogen and oxygen atoms in total. The van der Waals surface area contributed by atoms with Gasteiger partial charge in [-0.2, -0.15) is 0 Å². The normalized spacial score (nSPS) is 12.7. The Labute approximate surface area is 195 Å². The summed E-state index contributed by atoms with van der Waals surface area (Å²) in [6.07, 6.45) is 0. The number of carbonyl (C=O) groups is 3. The van der Waals surface area contributed by atoms with Gasteiger partial charge in [0.25, 0.3) is 11.8 Å². The van der Waals surface area contributed by atoms with Gasteiger partial charge in [0.05, 0.1) is 12.2 Å². The Morgan fingerprint density at radius 2 is 1.88 bits per heavy atom. The van der Waals surface area contributed by atoms with Gasteiger partial charge in [0.1, 0.15) is 23.1 Å². The summed E-state index contributed by atoms with van der Waals surface area (Å²) in [7, 11) is 1.67. The van der Waals surface area contributed by atoms with E-state index in [4.69, 9.17) is 13.9 Å². The SMILES string of the molecule is CCN(C)C(=O)c1ccc(CN2C(=O)COc3ccc(C(=O)COc4ccc(F)cc4)cc32)o1. The van der Waals surface area contributed by atoms with Crippen molar-refractivity contribution >= 4 is 23.3 Å². The van der Waals surface area contributed by atoms with E-state index in [1.807, 2.05) is 6.92 Å². The molecule has 0 aliphatic carbocycles. The smallest absolute Gasteiger partial charge is 0.289 e. The third kappa shape index (κ3) is 4.93. The number of fused-ring (bicyclic) bond motifs is 1. The maximum absolute atomic E-state index is 13.0. The number of amides is 2. The summed E-state index contributed by atoms with van der Waals surface area (Å²) in [5.74, 6) is 0.134. The van der Waals surface area contributed by atoms with E-state index >= 15 is 0 Å². The summed E-state index contributed by atoms with van der Waals surface area (Å²) in [6, 6.07) is 13.3. The number of ketones is 1. The van der Waals surface area contributed by atoms with Gasteiger partial charge >= 0.3 is 0 Å². The standard InChI is InChI=1S/C25H23FN2O6/c1-3-27(2)25(31)23-11-9-19(34-23)13-28-20-12-16(4-10-22(20)33-15-24(28)30)21(29)14-32-18-7-5-17(26)6-8-18/h4-12H,3,13-15H2,1-2H3. The minimum absolute atomic E-state index is 0.0715. The van der Waals surface area contributed by atoms with Crippen molar-refractivity contribution in [2.75, 3.05) is 31.7 Å². The van der Waals surface area contributed by atoms with E-state index in [1.54, 1.807) is 37.4 Å². The molecule has 2 heterocycles. The fourth-order valence-electron chi connectivity index (χ4n) is 3.38. The summed E-state index contributed by atoms with van der Waals surface area (Å²) < 4.78 is 29.7. The molecule has 3 aromatic rings. The van der Waals surface area contributed by atoms with E-state index in [2.05, 4.69) is 0 Å². The molecule has 1 aliphatic heterocycles. The minimum atomic E-state index is -0.399. The number of ether oxygens (including phenoxy) is 2. The molecule has 0 saturated heterocycles. The highest BCUT2D eigenvalue weighted by molar-refractivity contribution is 6.02. The van der Waals surface area contributed by atoms with E-state index in [9.17, 15) is 18.8 Å². The van der Waals surface area contributed by atoms with Crippen molar-refractivity contribution in [1.82, 2.24) is 4.90 Å². The zero-order chi connectivity index (χ0) is 24.2. The molecular formula is C25H23FN2O6. The molecular weight excluding hydrogens is 443 g/mol. The third-order valence-corrected chi connectivity index (χ3v) is 5.41. The molecule has 1 aliphatic rings. The summed E-state index contributed by atoms with van der Waals surface area (Å²) >= 11 is 0. The molecule has 9 heteroatoms. The van der Waals surface area contributed by atoms with Crippen molar-refractivity contribution in [3.05, 3.63) is 77.5 Å². The first kappa shape index (κ1) is 23.0. The summed E-state index contributed by atoms with van der Waals surface area (Å²) in [6.45, 7) is 2.05. The lowest BCUT2D eigenvalue weighted by Gasteiger charge is -2.29. The second kappa shape index (κ2) is 9.78. The molecule has 0 radical (unpaired) electrons. The summed E-state index contributed by atoms with van der Waals surface area (Å²) in [4.78, 5) is 40.6. The zero-order valence-corrected chi connectivity index (χ0v) is 18.7. The van der Waals surface area contributed by atoms with E-state index in [-0.39, 0.29) is 43.1 Å². The molecule has 176 valence electrons. The highest BCUT2D eigenvalue weighted by Gasteiger charge is 2.28. The topological polar surface area (TPSA) is 89.3 Å². The lowest BCUT2D eigenvalue weighted by Crippen LogP contribution is -2.38. The number of nitrogens with zero attached hydrogens (tertiary/aromatic N) is 2. The highest BCUT2D eigenvalue weighted by Crippen LogP contribution is 2.34. The molecule has 1 aromatic heterocycles. The van der Waals surface area contributed by atoms with Crippen LogP contribution in [0.2, 0.25) is 0 Å². The Kier molecular flexibility index (Phi) is 6.62. The van der Waals surface area contributed by atoms with Crippen molar-refractivity contribution in [2.24, 2.45) is 0 Å². The second-order valence-electron chi connectivity index (χ2n) is 7.70. The number of rotatable bonds is 8. The Morgan fingerprint density at radius 3 is 2.62 bits per heavy atom. The predicted octanol–water partition coefficient (Wildman–Crippen LogP) is 3.70. The van der Waals surface area contributed by atoms with Crippen LogP contribution in [-0.2, 0) is 11.3 Å². The zero-order valence-electron chi connectivity index (χ0n) is 18.7. The van der Waals surface area contributed by atoms with Crippen LogP contribution in [0.25, 0.3) is 0 Å². The van der Waals surface area contributed by atoms with Crippen molar-refractivity contribution in [2.45, 2.75) is 13.5 Å². The molecule has 0 spiro atoms. The molecule has 0 saturated carbocycles. The summed E-state index contributed by atoms with van der Waals surface area (Å²) in [5.41, 5.74) is 0.739. The van der Waals surface area contributed by atoms with E-state index in [0.717, 1.165) is 0 Å². The van der Waals surface area contributed by atoms with Gasteiger partial charge in [-0.15, -0.1) is 0 Å². The number of furan rings is 1. The molecule has 0 fully saturated rings. The first-order valence-corrected chi connectivity index (χ1v) is 10.7. The molecule has 34 heavy (non-hydrogen) atoms. The van der Waals surface area contributed by atoms with Crippen LogP contribution in [0.4, 0.5) is 10.1 Å². The maximum atomic E-state index is 13.0. The molecule has 2 aromatic carbocycles. The van der Waals surface area contributed by atoms with Gasteiger partial charge < -0.3 is 18.8 Å². The Morgan fingerprint density at radius 1 is 1.12 bits per heavy atom. The molecule has 4 rings (SSSR count). The number of Topliss-reactive ketones (excluding diaryl/α,β-unsaturated/α-hetero) is 1. The Balaban J connectivity index is 1.51. The van der Waals surface area contributed by atoms with Gasteiger partial charge in [0, 0.05) is 19.2 Å². The van der Waals surface area contributed by atoms with Crippen LogP contribution < -0.4 is 14.4 Å². The van der Waals surface area contributed by atoms with Crippen LogP contribution >= 0.6 is 0 Å². The molecule has 0 bridgehead atoms. The van der Waals surface area contributed by atoms with Crippen molar-refractivity contribution < 1.29 is 32.7 Å². The molecule has 0 N–H and O–H groups in total. The number of anilines is 1. The number of halogens is 1. The fourth-order valence-corrected chi connectivity index (χ4v) is 3.38. The van der Waals surface area contributed by atoms with Crippen LogP contribution in [-0.4, -0.2) is 49.3 Å². The van der Waals surface area contributed by atoms with Crippen LogP contribution in [0.3, 0.4) is 0 Å². The van der Waals surface area contributed by atoms with Crippen LogP contribution in [0.15, 0.2) is 59.0 Å². The number of hydrogen-bond donors (Lipinski definition) is 0. The highest BCUT2D eigenvalue weighted by atomic mass is 19.1. The van der Waals surface area contributed by atoms with Gasteiger partial charge in [-0.3, -0.25) is 19.3 Å².